The third kappa shape index (κ3) is 6.18. The lowest BCUT2D eigenvalue weighted by Gasteiger charge is -2.20. The number of para-hydroxylation sites is 2. The number of aliphatic hydroxyl groups is 1. The van der Waals surface area contributed by atoms with Crippen molar-refractivity contribution >= 4 is 52.3 Å². The first-order valence-electron chi connectivity index (χ1n) is 9.30. The highest BCUT2D eigenvalue weighted by atomic mass is 127. The molecule has 3 aromatic rings. The van der Waals surface area contributed by atoms with Crippen LogP contribution in [0, 0.1) is 0 Å². The van der Waals surface area contributed by atoms with Gasteiger partial charge in [0.1, 0.15) is 11.4 Å². The Bertz CT molecular complexity index is 843. The summed E-state index contributed by atoms with van der Waals surface area (Å²) in [4.78, 5) is 13.4. The summed E-state index contributed by atoms with van der Waals surface area (Å²) in [5.74, 6) is 1.72. The fraction of sp³-hybridized carbons (Fsp3) is 0.400. The molecule has 0 amide bonds. The second kappa shape index (κ2) is 10.8. The predicted octanol–water partition coefficient (Wildman–Crippen LogP) is 3.64. The first-order valence-corrected chi connectivity index (χ1v) is 10.2. The molecule has 1 atom stereocenters. The standard InChI is InChI=1S/C20H27N5OS.HI/c1-3-21-19(23-14-20(2,26)17-10-7-13-27-17)22-12-6-11-18-24-15-8-4-5-9-16(15)25-18;/h4-5,7-10,13,26H,3,6,11-12,14H2,1-2H3,(H,24,25)(H2,21,22,23);1H. The van der Waals surface area contributed by atoms with Crippen LogP contribution in [0.1, 0.15) is 31.0 Å². The highest BCUT2D eigenvalue weighted by Crippen LogP contribution is 2.25. The molecule has 3 rings (SSSR count). The number of rotatable bonds is 8. The summed E-state index contributed by atoms with van der Waals surface area (Å²) in [7, 11) is 0. The number of H-pyrrole nitrogens is 1. The minimum Gasteiger partial charge on any atom is -0.383 e. The predicted molar refractivity (Wildman–Crippen MR) is 128 cm³/mol. The van der Waals surface area contributed by atoms with Crippen molar-refractivity contribution in [3.8, 4) is 0 Å². The number of guanidine groups is 1. The number of aryl methyl sites for hydroxylation is 1. The average molecular weight is 513 g/mol. The van der Waals surface area contributed by atoms with Gasteiger partial charge in [0.2, 0.25) is 0 Å². The number of nitrogens with one attached hydrogen (secondary N) is 3. The number of imidazole rings is 1. The Morgan fingerprint density at radius 1 is 1.25 bits per heavy atom. The molecule has 0 saturated carbocycles. The summed E-state index contributed by atoms with van der Waals surface area (Å²) < 4.78 is 0. The minimum atomic E-state index is -0.954. The van der Waals surface area contributed by atoms with Gasteiger partial charge in [0.05, 0.1) is 17.6 Å². The monoisotopic (exact) mass is 513 g/mol. The van der Waals surface area contributed by atoms with Crippen LogP contribution in [-0.4, -0.2) is 40.7 Å². The number of hydrogen-bond acceptors (Lipinski definition) is 4. The van der Waals surface area contributed by atoms with Crippen LogP contribution in [0.5, 0.6) is 0 Å². The van der Waals surface area contributed by atoms with E-state index in [0.717, 1.165) is 53.6 Å². The molecule has 1 aromatic carbocycles. The van der Waals surface area contributed by atoms with Crippen LogP contribution in [0.25, 0.3) is 11.0 Å². The van der Waals surface area contributed by atoms with E-state index in [2.05, 4.69) is 25.6 Å². The summed E-state index contributed by atoms with van der Waals surface area (Å²) in [6.07, 6.45) is 1.81. The summed E-state index contributed by atoms with van der Waals surface area (Å²) in [5.41, 5.74) is 1.13. The quantitative estimate of drug-likeness (QED) is 0.160. The van der Waals surface area contributed by atoms with E-state index in [4.69, 9.17) is 0 Å². The number of aromatic amines is 1. The fourth-order valence-corrected chi connectivity index (χ4v) is 3.60. The molecule has 6 nitrogen and oxygen atoms in total. The van der Waals surface area contributed by atoms with Gasteiger partial charge >= 0.3 is 0 Å². The number of halogens is 1. The van der Waals surface area contributed by atoms with Crippen molar-refractivity contribution in [1.29, 1.82) is 0 Å². The summed E-state index contributed by atoms with van der Waals surface area (Å²) in [6, 6.07) is 11.9. The molecule has 0 saturated heterocycles. The molecule has 0 aliphatic heterocycles. The number of hydrogen-bond donors (Lipinski definition) is 4. The van der Waals surface area contributed by atoms with Crippen molar-refractivity contribution in [2.24, 2.45) is 4.99 Å². The molecule has 4 N–H and O–H groups in total. The maximum absolute atomic E-state index is 10.6. The Hall–Kier alpha value is -1.65. The molecule has 0 aliphatic carbocycles. The lowest BCUT2D eigenvalue weighted by atomic mass is 10.1. The van der Waals surface area contributed by atoms with E-state index in [1.165, 1.54) is 0 Å². The first kappa shape index (κ1) is 22.6. The molecule has 2 heterocycles. The van der Waals surface area contributed by atoms with Crippen LogP contribution in [0.2, 0.25) is 0 Å². The summed E-state index contributed by atoms with van der Waals surface area (Å²) in [6.45, 7) is 5.70. The Balaban J connectivity index is 0.00000280. The molecule has 28 heavy (non-hydrogen) atoms. The maximum Gasteiger partial charge on any atom is 0.191 e. The van der Waals surface area contributed by atoms with E-state index >= 15 is 0 Å². The zero-order chi connectivity index (χ0) is 19.1. The Morgan fingerprint density at radius 2 is 2.07 bits per heavy atom. The van der Waals surface area contributed by atoms with E-state index in [0.29, 0.717) is 6.54 Å². The second-order valence-corrected chi connectivity index (χ2v) is 7.62. The molecule has 0 radical (unpaired) electrons. The molecule has 0 aliphatic rings. The van der Waals surface area contributed by atoms with Crippen molar-refractivity contribution in [3.63, 3.8) is 0 Å². The third-order valence-corrected chi connectivity index (χ3v) is 5.39. The van der Waals surface area contributed by atoms with Gasteiger partial charge in [0, 0.05) is 24.4 Å². The fourth-order valence-electron chi connectivity index (χ4n) is 2.82. The molecule has 0 bridgehead atoms. The van der Waals surface area contributed by atoms with Crippen LogP contribution in [0.15, 0.2) is 46.8 Å². The van der Waals surface area contributed by atoms with Gasteiger partial charge in [-0.05, 0) is 43.8 Å². The smallest absolute Gasteiger partial charge is 0.191 e. The second-order valence-electron chi connectivity index (χ2n) is 6.68. The van der Waals surface area contributed by atoms with E-state index < -0.39 is 5.60 Å². The van der Waals surface area contributed by atoms with Gasteiger partial charge in [-0.15, -0.1) is 35.3 Å². The van der Waals surface area contributed by atoms with Gasteiger partial charge in [-0.3, -0.25) is 0 Å². The van der Waals surface area contributed by atoms with Crippen LogP contribution in [-0.2, 0) is 12.0 Å². The first-order chi connectivity index (χ1) is 13.1. The van der Waals surface area contributed by atoms with Gasteiger partial charge in [-0.1, -0.05) is 18.2 Å². The van der Waals surface area contributed by atoms with E-state index in [-0.39, 0.29) is 24.0 Å². The Kier molecular flexibility index (Phi) is 8.71. The lowest BCUT2D eigenvalue weighted by molar-refractivity contribution is 0.0711. The van der Waals surface area contributed by atoms with Gasteiger partial charge in [-0.25, -0.2) is 9.98 Å². The van der Waals surface area contributed by atoms with Crippen molar-refractivity contribution < 1.29 is 5.11 Å². The molecular weight excluding hydrogens is 485 g/mol. The molecular formula is C20H28IN5OS. The number of benzene rings is 1. The van der Waals surface area contributed by atoms with E-state index in [1.807, 2.05) is 48.7 Å². The largest absolute Gasteiger partial charge is 0.383 e. The number of fused-ring (bicyclic) bond motifs is 1. The average Bonchev–Trinajstić information content (AvgIpc) is 3.32. The van der Waals surface area contributed by atoms with Crippen LogP contribution < -0.4 is 10.6 Å². The minimum absolute atomic E-state index is 0. The molecule has 0 spiro atoms. The maximum atomic E-state index is 10.6. The number of aliphatic imine (C=N–C) groups is 1. The molecule has 152 valence electrons. The number of nitrogens with zero attached hydrogens (tertiary/aromatic N) is 2. The van der Waals surface area contributed by atoms with Crippen LogP contribution in [0.4, 0.5) is 0 Å². The SMILES string of the molecule is CCNC(=NCC(C)(O)c1cccs1)NCCCc1nc2ccccc2[nH]1.I. The van der Waals surface area contributed by atoms with Crippen LogP contribution >= 0.6 is 35.3 Å². The Labute approximate surface area is 186 Å². The third-order valence-electron chi connectivity index (χ3n) is 4.26. The zero-order valence-corrected chi connectivity index (χ0v) is 19.4. The zero-order valence-electron chi connectivity index (χ0n) is 16.2. The van der Waals surface area contributed by atoms with Crippen molar-refractivity contribution in [2.75, 3.05) is 19.6 Å². The lowest BCUT2D eigenvalue weighted by Crippen LogP contribution is -2.39. The van der Waals surface area contributed by atoms with E-state index in [9.17, 15) is 5.11 Å². The molecule has 8 heteroatoms. The van der Waals surface area contributed by atoms with Gasteiger partial charge < -0.3 is 20.7 Å². The molecule has 0 fully saturated rings. The van der Waals surface area contributed by atoms with Crippen molar-refractivity contribution in [1.82, 2.24) is 20.6 Å². The normalized spacial score (nSPS) is 13.8. The van der Waals surface area contributed by atoms with E-state index in [1.54, 1.807) is 18.3 Å². The summed E-state index contributed by atoms with van der Waals surface area (Å²) >= 11 is 1.55. The van der Waals surface area contributed by atoms with Crippen LogP contribution in [0.3, 0.4) is 0 Å². The highest BCUT2D eigenvalue weighted by Gasteiger charge is 2.23. The topological polar surface area (TPSA) is 85.3 Å². The molecule has 1 unspecified atom stereocenters. The molecule has 2 aromatic heterocycles. The van der Waals surface area contributed by atoms with Crippen molar-refractivity contribution in [2.45, 2.75) is 32.3 Å². The van der Waals surface area contributed by atoms with Gasteiger partial charge in [0.15, 0.2) is 5.96 Å². The van der Waals surface area contributed by atoms with Gasteiger partial charge in [-0.2, -0.15) is 0 Å². The van der Waals surface area contributed by atoms with Gasteiger partial charge in [0.25, 0.3) is 0 Å². The Morgan fingerprint density at radius 3 is 2.79 bits per heavy atom. The van der Waals surface area contributed by atoms with Crippen molar-refractivity contribution in [3.05, 3.63) is 52.5 Å². The highest BCUT2D eigenvalue weighted by molar-refractivity contribution is 14.0. The number of aromatic nitrogens is 2. The summed E-state index contributed by atoms with van der Waals surface area (Å²) in [5, 5.41) is 19.1. The number of thiophene rings is 1.